The van der Waals surface area contributed by atoms with Gasteiger partial charge in [0.1, 0.15) is 10.4 Å². The number of aromatic nitrogens is 1. The van der Waals surface area contributed by atoms with Gasteiger partial charge >= 0.3 is 6.18 Å². The molecule has 0 amide bonds. The number of alkyl halides is 3. The highest BCUT2D eigenvalue weighted by molar-refractivity contribution is 7.04. The fourth-order valence-corrected chi connectivity index (χ4v) is 3.72. The smallest absolute Gasteiger partial charge is 0.416 e. The van der Waals surface area contributed by atoms with E-state index in [1.807, 2.05) is 10.2 Å². The van der Waals surface area contributed by atoms with Gasteiger partial charge in [0.25, 0.3) is 0 Å². The summed E-state index contributed by atoms with van der Waals surface area (Å²) in [6, 6.07) is 3.05. The molecule has 0 atom stereocenters. The average Bonchev–Trinajstić information content (AvgIpc) is 3.08. The summed E-state index contributed by atoms with van der Waals surface area (Å²) in [4.78, 5) is 8.24. The van der Waals surface area contributed by atoms with Gasteiger partial charge < -0.3 is 4.74 Å². The average molecular weight is 439 g/mol. The van der Waals surface area contributed by atoms with Crippen LogP contribution in [-0.2, 0) is 18.1 Å². The van der Waals surface area contributed by atoms with Crippen LogP contribution in [0, 0.1) is 11.5 Å². The van der Waals surface area contributed by atoms with Crippen LogP contribution in [0.1, 0.15) is 57.2 Å². The van der Waals surface area contributed by atoms with Gasteiger partial charge in [0.15, 0.2) is 5.84 Å². The third kappa shape index (κ3) is 5.72. The molecule has 9 heteroatoms. The Morgan fingerprint density at radius 3 is 2.50 bits per heavy atom. The van der Waals surface area contributed by atoms with Crippen molar-refractivity contribution in [2.45, 2.75) is 58.7 Å². The Morgan fingerprint density at radius 1 is 1.27 bits per heavy atom. The minimum absolute atomic E-state index is 0.0195. The summed E-state index contributed by atoms with van der Waals surface area (Å²) in [5.74, 6) is 0.0530. The molecule has 2 rings (SSSR count). The van der Waals surface area contributed by atoms with Crippen molar-refractivity contribution in [2.24, 2.45) is 9.98 Å². The quantitative estimate of drug-likeness (QED) is 0.351. The number of aliphatic imine (C=N–C) groups is 1. The number of halogens is 3. The van der Waals surface area contributed by atoms with Crippen LogP contribution in [0.25, 0.3) is 0 Å². The molecule has 1 aromatic carbocycles. The molecule has 0 aliphatic heterocycles. The second kappa shape index (κ2) is 9.47. The normalized spacial score (nSPS) is 13.4. The first-order valence-electron chi connectivity index (χ1n) is 9.50. The first-order chi connectivity index (χ1) is 14.0. The van der Waals surface area contributed by atoms with Gasteiger partial charge in [-0.1, -0.05) is 13.3 Å². The summed E-state index contributed by atoms with van der Waals surface area (Å²) in [6.45, 7) is 8.24. The van der Waals surface area contributed by atoms with E-state index in [-0.39, 0.29) is 22.7 Å². The van der Waals surface area contributed by atoms with E-state index in [4.69, 9.17) is 10.00 Å². The molecule has 0 unspecified atom stereocenters. The van der Waals surface area contributed by atoms with Gasteiger partial charge in [0.2, 0.25) is 6.19 Å². The SMILES string of the molecule is CCCCc1cn(C(C)(C)C)s/c1=N\C(=N\C#N)c1cc(C(F)(F)F)ccc1OC. The van der Waals surface area contributed by atoms with E-state index >= 15 is 0 Å². The summed E-state index contributed by atoms with van der Waals surface area (Å²) in [7, 11) is 1.35. The second-order valence-corrected chi connectivity index (χ2v) is 8.67. The van der Waals surface area contributed by atoms with Crippen LogP contribution in [0.4, 0.5) is 13.2 Å². The minimum atomic E-state index is -4.54. The van der Waals surface area contributed by atoms with E-state index < -0.39 is 11.7 Å². The van der Waals surface area contributed by atoms with Crippen LogP contribution in [0.15, 0.2) is 34.4 Å². The molecule has 0 saturated carbocycles. The maximum Gasteiger partial charge on any atom is 0.416 e. The molecule has 5 nitrogen and oxygen atoms in total. The Kier molecular flexibility index (Phi) is 7.48. The van der Waals surface area contributed by atoms with E-state index in [1.165, 1.54) is 24.7 Å². The summed E-state index contributed by atoms with van der Waals surface area (Å²) in [5.41, 5.74) is -0.0551. The number of rotatable bonds is 5. The number of aryl methyl sites for hydroxylation is 1. The van der Waals surface area contributed by atoms with Crippen LogP contribution < -0.4 is 9.41 Å². The molecule has 0 aliphatic carbocycles. The maximum atomic E-state index is 13.2. The lowest BCUT2D eigenvalue weighted by Crippen LogP contribution is -2.18. The van der Waals surface area contributed by atoms with Crippen molar-refractivity contribution in [1.82, 2.24) is 3.96 Å². The summed E-state index contributed by atoms with van der Waals surface area (Å²) < 4.78 is 47.6. The van der Waals surface area contributed by atoms with Crippen molar-refractivity contribution in [3.05, 3.63) is 45.8 Å². The number of benzene rings is 1. The molecule has 2 aromatic rings. The van der Waals surface area contributed by atoms with Crippen LogP contribution in [0.3, 0.4) is 0 Å². The number of ether oxygens (including phenoxy) is 1. The van der Waals surface area contributed by atoms with Gasteiger partial charge in [0, 0.05) is 17.3 Å². The van der Waals surface area contributed by atoms with Crippen LogP contribution in [0.5, 0.6) is 5.75 Å². The molecule has 30 heavy (non-hydrogen) atoms. The zero-order valence-corrected chi connectivity index (χ0v) is 18.5. The number of unbranched alkanes of at least 4 members (excludes halogenated alkanes) is 1. The van der Waals surface area contributed by atoms with Crippen LogP contribution >= 0.6 is 11.5 Å². The van der Waals surface area contributed by atoms with Crippen molar-refractivity contribution in [3.63, 3.8) is 0 Å². The van der Waals surface area contributed by atoms with E-state index in [0.717, 1.165) is 37.0 Å². The zero-order valence-electron chi connectivity index (χ0n) is 17.7. The lowest BCUT2D eigenvalue weighted by molar-refractivity contribution is -0.137. The first kappa shape index (κ1) is 23.7. The van der Waals surface area contributed by atoms with E-state index in [1.54, 1.807) is 6.19 Å². The van der Waals surface area contributed by atoms with Crippen molar-refractivity contribution in [1.29, 1.82) is 5.26 Å². The number of nitrogens with zero attached hydrogens (tertiary/aromatic N) is 4. The highest BCUT2D eigenvalue weighted by Gasteiger charge is 2.32. The van der Waals surface area contributed by atoms with Gasteiger partial charge in [-0.15, -0.1) is 0 Å². The maximum absolute atomic E-state index is 13.2. The topological polar surface area (TPSA) is 62.7 Å². The van der Waals surface area contributed by atoms with Crippen LogP contribution in [-0.4, -0.2) is 16.9 Å². The summed E-state index contributed by atoms with van der Waals surface area (Å²) in [5, 5.41) is 9.15. The molecule has 0 N–H and O–H groups in total. The first-order valence-corrected chi connectivity index (χ1v) is 10.3. The fourth-order valence-electron chi connectivity index (χ4n) is 2.68. The molecule has 0 bridgehead atoms. The number of nitriles is 1. The largest absolute Gasteiger partial charge is 0.496 e. The zero-order chi connectivity index (χ0) is 22.5. The molecule has 0 spiro atoms. The predicted molar refractivity (Wildman–Crippen MR) is 112 cm³/mol. The van der Waals surface area contributed by atoms with E-state index in [9.17, 15) is 13.2 Å². The lowest BCUT2D eigenvalue weighted by atomic mass is 10.1. The summed E-state index contributed by atoms with van der Waals surface area (Å²) in [6.07, 6.45) is 1.83. The Hall–Kier alpha value is -2.60. The number of methoxy groups -OCH3 is 1. The van der Waals surface area contributed by atoms with E-state index in [0.29, 0.717) is 4.67 Å². The Morgan fingerprint density at radius 2 is 1.97 bits per heavy atom. The Balaban J connectivity index is 2.72. The van der Waals surface area contributed by atoms with Crippen molar-refractivity contribution < 1.29 is 17.9 Å². The summed E-state index contributed by atoms with van der Waals surface area (Å²) >= 11 is 1.39. The Bertz CT molecular complexity index is 1020. The molecule has 1 heterocycles. The monoisotopic (exact) mass is 438 g/mol. The third-order valence-corrected chi connectivity index (χ3v) is 5.70. The second-order valence-electron chi connectivity index (χ2n) is 7.71. The van der Waals surface area contributed by atoms with Gasteiger partial charge in [0.05, 0.1) is 18.2 Å². The molecule has 0 radical (unpaired) electrons. The standard InChI is InChI=1S/C21H25F3N4OS/c1-6-7-8-14-12-28(20(2,3)4)30-19(14)27-18(26-13-25)16-11-15(21(22,23)24)9-10-17(16)29-5/h9-12H,6-8H2,1-5H3/b26-18+,27-19-. The van der Waals surface area contributed by atoms with E-state index in [2.05, 4.69) is 37.7 Å². The highest BCUT2D eigenvalue weighted by atomic mass is 32.1. The van der Waals surface area contributed by atoms with Crippen LogP contribution in [0.2, 0.25) is 0 Å². The molecular formula is C21H25F3N4OS. The number of hydrogen-bond donors (Lipinski definition) is 0. The molecule has 1 aromatic heterocycles. The van der Waals surface area contributed by atoms with Gasteiger partial charge in [-0.25, -0.2) is 4.99 Å². The van der Waals surface area contributed by atoms with Gasteiger partial charge in [-0.05, 0) is 63.3 Å². The van der Waals surface area contributed by atoms with Gasteiger partial charge in [-0.2, -0.15) is 23.4 Å². The number of hydrogen-bond acceptors (Lipinski definition) is 4. The third-order valence-electron chi connectivity index (χ3n) is 4.32. The predicted octanol–water partition coefficient (Wildman–Crippen LogP) is 5.50. The number of amidine groups is 1. The fraction of sp³-hybridized carbons (Fsp3) is 0.476. The van der Waals surface area contributed by atoms with Gasteiger partial charge in [-0.3, -0.25) is 3.96 Å². The molecule has 0 aliphatic rings. The minimum Gasteiger partial charge on any atom is -0.496 e. The highest BCUT2D eigenvalue weighted by Crippen LogP contribution is 2.33. The molecule has 162 valence electrons. The van der Waals surface area contributed by atoms with Crippen molar-refractivity contribution in [2.75, 3.05) is 7.11 Å². The molecule has 0 saturated heterocycles. The van der Waals surface area contributed by atoms with Crippen molar-refractivity contribution >= 4 is 17.4 Å². The Labute approximate surface area is 178 Å². The molecular weight excluding hydrogens is 413 g/mol. The van der Waals surface area contributed by atoms with Crippen molar-refractivity contribution in [3.8, 4) is 11.9 Å². The lowest BCUT2D eigenvalue weighted by Gasteiger charge is -2.19. The molecule has 0 fully saturated rings.